The molecule has 0 radical (unpaired) electrons. The third kappa shape index (κ3) is 2.74. The average Bonchev–Trinajstić information content (AvgIpc) is 2.25. The maximum Gasteiger partial charge on any atom is 0.271 e. The van der Waals surface area contributed by atoms with Gasteiger partial charge in [-0.3, -0.25) is 4.79 Å². The molecule has 0 aliphatic rings. The summed E-state index contributed by atoms with van der Waals surface area (Å²) in [6.45, 7) is 1.81. The zero-order valence-corrected chi connectivity index (χ0v) is 9.41. The first kappa shape index (κ1) is 12.1. The molecule has 0 bridgehead atoms. The van der Waals surface area contributed by atoms with Crippen LogP contribution < -0.4 is 16.8 Å². The van der Waals surface area contributed by atoms with Gasteiger partial charge in [-0.2, -0.15) is 0 Å². The van der Waals surface area contributed by atoms with Crippen LogP contribution in [-0.2, 0) is 0 Å². The second-order valence-corrected chi connectivity index (χ2v) is 3.27. The van der Waals surface area contributed by atoms with Gasteiger partial charge in [0.1, 0.15) is 10.7 Å². The number of hydrogen-bond donors (Lipinski definition) is 3. The molecule has 1 aromatic rings. The van der Waals surface area contributed by atoms with E-state index in [-0.39, 0.29) is 16.5 Å². The molecule has 0 unspecified atom stereocenters. The molecule has 5 N–H and O–H groups in total. The highest BCUT2D eigenvalue weighted by Gasteiger charge is 2.12. The van der Waals surface area contributed by atoms with Gasteiger partial charge in [-0.25, -0.2) is 9.97 Å². The molecule has 0 aromatic carbocycles. The lowest BCUT2D eigenvalue weighted by atomic mass is 10.3. The van der Waals surface area contributed by atoms with E-state index in [0.29, 0.717) is 5.69 Å². The van der Waals surface area contributed by atoms with Crippen LogP contribution in [0.2, 0.25) is 0 Å². The molecule has 6 nitrogen and oxygen atoms in total. The van der Waals surface area contributed by atoms with Crippen molar-refractivity contribution in [3.05, 3.63) is 29.9 Å². The number of rotatable bonds is 4. The predicted molar refractivity (Wildman–Crippen MR) is 64.9 cm³/mol. The second kappa shape index (κ2) is 5.17. The van der Waals surface area contributed by atoms with Gasteiger partial charge < -0.3 is 16.8 Å². The van der Waals surface area contributed by atoms with E-state index in [9.17, 15) is 4.79 Å². The van der Waals surface area contributed by atoms with Gasteiger partial charge in [0, 0.05) is 0 Å². The number of aromatic nitrogens is 2. The molecule has 0 aliphatic carbocycles. The van der Waals surface area contributed by atoms with Crippen LogP contribution in [0.15, 0.2) is 18.5 Å². The SMILES string of the molecule is C/C=C/Nc1nc(C(N)=S)cnc1C(N)=O. The molecule has 0 saturated heterocycles. The van der Waals surface area contributed by atoms with E-state index in [0.717, 1.165) is 0 Å². The summed E-state index contributed by atoms with van der Waals surface area (Å²) >= 11 is 4.76. The lowest BCUT2D eigenvalue weighted by Gasteiger charge is -2.06. The number of carbonyl (C=O) groups is 1. The van der Waals surface area contributed by atoms with E-state index in [1.54, 1.807) is 12.3 Å². The number of hydrogen-bond acceptors (Lipinski definition) is 5. The molecule has 1 aromatic heterocycles. The Balaban J connectivity index is 3.20. The summed E-state index contributed by atoms with van der Waals surface area (Å²) in [4.78, 5) is 19.1. The number of anilines is 1. The molecule has 0 aliphatic heterocycles. The molecule has 1 amide bonds. The van der Waals surface area contributed by atoms with Crippen LogP contribution in [0.1, 0.15) is 23.1 Å². The molecule has 0 fully saturated rings. The van der Waals surface area contributed by atoms with Crippen LogP contribution in [0.3, 0.4) is 0 Å². The van der Waals surface area contributed by atoms with E-state index in [1.807, 2.05) is 6.92 Å². The van der Waals surface area contributed by atoms with Crippen molar-refractivity contribution in [1.82, 2.24) is 9.97 Å². The molecule has 0 saturated carbocycles. The van der Waals surface area contributed by atoms with Crippen molar-refractivity contribution in [3.8, 4) is 0 Å². The first-order valence-corrected chi connectivity index (χ1v) is 4.81. The topological polar surface area (TPSA) is 107 Å². The predicted octanol–water partition coefficient (Wildman–Crippen LogP) is 0.155. The largest absolute Gasteiger partial charge is 0.388 e. The molecule has 16 heavy (non-hydrogen) atoms. The molecule has 7 heteroatoms. The molecule has 0 atom stereocenters. The van der Waals surface area contributed by atoms with Gasteiger partial charge in [-0.1, -0.05) is 18.3 Å². The van der Waals surface area contributed by atoms with Gasteiger partial charge in [0.2, 0.25) is 0 Å². The lowest BCUT2D eigenvalue weighted by molar-refractivity contribution is 0.0996. The minimum Gasteiger partial charge on any atom is -0.388 e. The maximum absolute atomic E-state index is 11.1. The zero-order valence-electron chi connectivity index (χ0n) is 8.60. The summed E-state index contributed by atoms with van der Waals surface area (Å²) < 4.78 is 0. The molecule has 1 heterocycles. The summed E-state index contributed by atoms with van der Waals surface area (Å²) in [7, 11) is 0. The molecular formula is C9H11N5OS. The average molecular weight is 237 g/mol. The van der Waals surface area contributed by atoms with Crippen molar-refractivity contribution in [2.45, 2.75) is 6.92 Å². The Hall–Kier alpha value is -2.02. The summed E-state index contributed by atoms with van der Waals surface area (Å²) in [5, 5.41) is 2.77. The van der Waals surface area contributed by atoms with E-state index >= 15 is 0 Å². The van der Waals surface area contributed by atoms with Crippen molar-refractivity contribution in [3.63, 3.8) is 0 Å². The smallest absolute Gasteiger partial charge is 0.271 e. The number of nitrogens with one attached hydrogen (secondary N) is 1. The van der Waals surface area contributed by atoms with Gasteiger partial charge in [0.25, 0.3) is 5.91 Å². The van der Waals surface area contributed by atoms with Crippen molar-refractivity contribution in [2.75, 3.05) is 5.32 Å². The van der Waals surface area contributed by atoms with Gasteiger partial charge in [0.15, 0.2) is 11.5 Å². The van der Waals surface area contributed by atoms with E-state index < -0.39 is 5.91 Å². The zero-order chi connectivity index (χ0) is 12.1. The normalized spacial score (nSPS) is 10.3. The minimum atomic E-state index is -0.672. The number of nitrogens with two attached hydrogens (primary N) is 2. The highest BCUT2D eigenvalue weighted by Crippen LogP contribution is 2.10. The Morgan fingerprint density at radius 1 is 1.56 bits per heavy atom. The minimum absolute atomic E-state index is 0.0399. The molecule has 0 spiro atoms. The van der Waals surface area contributed by atoms with E-state index in [1.165, 1.54) is 6.20 Å². The summed E-state index contributed by atoms with van der Waals surface area (Å²) in [5.74, 6) is -0.440. The summed E-state index contributed by atoms with van der Waals surface area (Å²) in [6.07, 6.45) is 4.64. The van der Waals surface area contributed by atoms with Gasteiger partial charge in [-0.15, -0.1) is 0 Å². The van der Waals surface area contributed by atoms with Crippen LogP contribution in [0, 0.1) is 0 Å². The summed E-state index contributed by atoms with van der Waals surface area (Å²) in [5.41, 5.74) is 10.9. The second-order valence-electron chi connectivity index (χ2n) is 2.83. The Morgan fingerprint density at radius 2 is 2.25 bits per heavy atom. The molecule has 84 valence electrons. The fraction of sp³-hybridized carbons (Fsp3) is 0.111. The fourth-order valence-corrected chi connectivity index (χ4v) is 1.05. The van der Waals surface area contributed by atoms with Crippen LogP contribution in [-0.4, -0.2) is 20.9 Å². The van der Waals surface area contributed by atoms with Gasteiger partial charge in [0.05, 0.1) is 6.20 Å². The van der Waals surface area contributed by atoms with E-state index in [4.69, 9.17) is 23.7 Å². The van der Waals surface area contributed by atoms with Crippen molar-refractivity contribution in [1.29, 1.82) is 0 Å². The number of primary amides is 1. The number of thiocarbonyl (C=S) groups is 1. The van der Waals surface area contributed by atoms with Crippen LogP contribution in [0.5, 0.6) is 0 Å². The summed E-state index contributed by atoms with van der Waals surface area (Å²) in [6, 6.07) is 0. The standard InChI is InChI=1S/C9H11N5OS/c1-2-3-12-9-6(7(10)15)13-4-5(14-9)8(11)16/h2-4H,1H3,(H2,10,15)(H2,11,16)(H,12,14)/b3-2+. The number of allylic oxidation sites excluding steroid dienone is 1. The highest BCUT2D eigenvalue weighted by molar-refractivity contribution is 7.80. The third-order valence-electron chi connectivity index (χ3n) is 1.65. The Morgan fingerprint density at radius 3 is 2.75 bits per heavy atom. The van der Waals surface area contributed by atoms with Crippen LogP contribution >= 0.6 is 12.2 Å². The van der Waals surface area contributed by atoms with Gasteiger partial charge in [-0.05, 0) is 13.1 Å². The van der Waals surface area contributed by atoms with Crippen molar-refractivity contribution >= 4 is 28.9 Å². The first-order valence-electron chi connectivity index (χ1n) is 4.40. The Bertz CT molecular complexity index is 457. The lowest BCUT2D eigenvalue weighted by Crippen LogP contribution is -2.19. The maximum atomic E-state index is 11.1. The Kier molecular flexibility index (Phi) is 3.90. The highest BCUT2D eigenvalue weighted by atomic mass is 32.1. The number of amides is 1. The van der Waals surface area contributed by atoms with Crippen molar-refractivity contribution in [2.24, 2.45) is 11.5 Å². The fourth-order valence-electron chi connectivity index (χ4n) is 0.951. The van der Waals surface area contributed by atoms with Crippen LogP contribution in [0.25, 0.3) is 0 Å². The quantitative estimate of drug-likeness (QED) is 0.644. The van der Waals surface area contributed by atoms with Gasteiger partial charge >= 0.3 is 0 Å². The van der Waals surface area contributed by atoms with Crippen molar-refractivity contribution < 1.29 is 4.79 Å². The molecule has 1 rings (SSSR count). The monoisotopic (exact) mass is 237 g/mol. The number of nitrogens with zero attached hydrogens (tertiary/aromatic N) is 2. The number of carbonyl (C=O) groups excluding carboxylic acids is 1. The van der Waals surface area contributed by atoms with E-state index in [2.05, 4.69) is 15.3 Å². The Labute approximate surface area is 97.8 Å². The third-order valence-corrected chi connectivity index (χ3v) is 1.85. The first-order chi connectivity index (χ1) is 7.56. The molecular weight excluding hydrogens is 226 g/mol. The van der Waals surface area contributed by atoms with Crippen LogP contribution in [0.4, 0.5) is 5.82 Å².